The Labute approximate surface area is 141 Å². The smallest absolute Gasteiger partial charge is 0.248 e. The fraction of sp³-hybridized carbons (Fsp3) is 0.0714. The first-order valence-corrected chi connectivity index (χ1v) is 7.36. The van der Waals surface area contributed by atoms with Crippen molar-refractivity contribution in [2.75, 3.05) is 5.32 Å². The zero-order chi connectivity index (χ0) is 15.6. The highest BCUT2D eigenvalue weighted by Gasteiger charge is 2.08. The molecule has 2 aromatic rings. The van der Waals surface area contributed by atoms with Crippen molar-refractivity contribution in [1.29, 1.82) is 0 Å². The van der Waals surface area contributed by atoms with Gasteiger partial charge in [0.15, 0.2) is 0 Å². The number of benzene rings is 2. The predicted octanol–water partition coefficient (Wildman–Crippen LogP) is 5.01. The maximum absolute atomic E-state index is 11.1. The first-order chi connectivity index (χ1) is 9.88. The highest BCUT2D eigenvalue weighted by atomic mass is 35.5. The number of halogens is 4. The van der Waals surface area contributed by atoms with Crippen LogP contribution in [0.1, 0.15) is 15.9 Å². The molecule has 7 heteroatoms. The van der Waals surface area contributed by atoms with Crippen molar-refractivity contribution >= 4 is 58.0 Å². The molecule has 3 N–H and O–H groups in total. The molecular weight excluding hydrogens is 354 g/mol. The van der Waals surface area contributed by atoms with Gasteiger partial charge in [0.25, 0.3) is 0 Å². The first-order valence-electron chi connectivity index (χ1n) is 5.85. The second-order valence-electron chi connectivity index (χ2n) is 4.27. The van der Waals surface area contributed by atoms with Gasteiger partial charge in [-0.1, -0.05) is 52.5 Å². The summed E-state index contributed by atoms with van der Waals surface area (Å²) in [5.74, 6) is -0.524. The maximum atomic E-state index is 11.1. The topological polar surface area (TPSA) is 55.1 Å². The second kappa shape index (κ2) is 6.75. The zero-order valence-electron chi connectivity index (χ0n) is 10.6. The van der Waals surface area contributed by atoms with E-state index in [0.717, 1.165) is 5.56 Å². The molecule has 0 aliphatic rings. The van der Waals surface area contributed by atoms with Crippen LogP contribution in [0.5, 0.6) is 0 Å². The summed E-state index contributed by atoms with van der Waals surface area (Å²) in [6.07, 6.45) is 0. The molecule has 2 rings (SSSR count). The molecule has 0 atom stereocenters. The van der Waals surface area contributed by atoms with Gasteiger partial charge >= 0.3 is 0 Å². The average Bonchev–Trinajstić information content (AvgIpc) is 2.42. The lowest BCUT2D eigenvalue weighted by molar-refractivity contribution is 0.100. The van der Waals surface area contributed by atoms with E-state index in [9.17, 15) is 4.79 Å². The summed E-state index contributed by atoms with van der Waals surface area (Å²) in [4.78, 5) is 11.1. The molecule has 0 saturated heterocycles. The summed E-state index contributed by atoms with van der Waals surface area (Å²) in [5, 5.41) is 4.79. The Balaban J connectivity index is 2.17. The molecule has 0 heterocycles. The van der Waals surface area contributed by atoms with Crippen molar-refractivity contribution in [3.05, 3.63) is 61.5 Å². The molecule has 0 unspecified atom stereocenters. The van der Waals surface area contributed by atoms with Gasteiger partial charge in [-0.2, -0.15) is 0 Å². The predicted molar refractivity (Wildman–Crippen MR) is 88.8 cm³/mol. The van der Waals surface area contributed by atoms with Crippen molar-refractivity contribution in [3.8, 4) is 0 Å². The number of nitrogens with two attached hydrogens (primary N) is 1. The van der Waals surface area contributed by atoms with Crippen molar-refractivity contribution in [2.24, 2.45) is 5.73 Å². The zero-order valence-corrected chi connectivity index (χ0v) is 13.6. The Kier molecular flexibility index (Phi) is 5.22. The fourth-order valence-electron chi connectivity index (χ4n) is 1.69. The molecular formula is C14H10Cl4N2O. The Morgan fingerprint density at radius 1 is 0.952 bits per heavy atom. The monoisotopic (exact) mass is 362 g/mol. The largest absolute Gasteiger partial charge is 0.380 e. The number of amides is 1. The quantitative estimate of drug-likeness (QED) is 0.750. The van der Waals surface area contributed by atoms with Gasteiger partial charge in [-0.05, 0) is 29.8 Å². The molecule has 3 nitrogen and oxygen atoms in total. The van der Waals surface area contributed by atoms with Crippen molar-refractivity contribution in [1.82, 2.24) is 0 Å². The molecule has 1 amide bonds. The van der Waals surface area contributed by atoms with E-state index >= 15 is 0 Å². The molecule has 0 bridgehead atoms. The lowest BCUT2D eigenvalue weighted by Gasteiger charge is -2.11. The molecule has 0 aliphatic heterocycles. The van der Waals surface area contributed by atoms with E-state index in [1.165, 1.54) is 6.07 Å². The number of anilines is 1. The SMILES string of the molecule is NC(=O)c1ccc(CNc2cc(Cl)c(Cl)cc2Cl)c(Cl)c1. The van der Waals surface area contributed by atoms with Crippen LogP contribution in [-0.2, 0) is 6.54 Å². The number of hydrogen-bond donors (Lipinski definition) is 2. The third-order valence-electron chi connectivity index (χ3n) is 2.82. The average molecular weight is 364 g/mol. The van der Waals surface area contributed by atoms with E-state index in [-0.39, 0.29) is 0 Å². The highest BCUT2D eigenvalue weighted by molar-refractivity contribution is 6.44. The summed E-state index contributed by atoms with van der Waals surface area (Å²) < 4.78 is 0. The summed E-state index contributed by atoms with van der Waals surface area (Å²) in [7, 11) is 0. The van der Waals surface area contributed by atoms with Crippen LogP contribution in [0.2, 0.25) is 20.1 Å². The Bertz CT molecular complexity index is 704. The van der Waals surface area contributed by atoms with Crippen LogP contribution in [0.3, 0.4) is 0 Å². The molecule has 0 spiro atoms. The summed E-state index contributed by atoms with van der Waals surface area (Å²) >= 11 is 24.0. The van der Waals surface area contributed by atoms with E-state index < -0.39 is 5.91 Å². The minimum Gasteiger partial charge on any atom is -0.380 e. The highest BCUT2D eigenvalue weighted by Crippen LogP contribution is 2.32. The molecule has 0 aliphatic carbocycles. The molecule has 21 heavy (non-hydrogen) atoms. The fourth-order valence-corrected chi connectivity index (χ4v) is 2.55. The Morgan fingerprint density at radius 2 is 1.62 bits per heavy atom. The molecule has 0 radical (unpaired) electrons. The van der Waals surface area contributed by atoms with Gasteiger partial charge in [-0.3, -0.25) is 4.79 Å². The normalized spacial score (nSPS) is 10.5. The van der Waals surface area contributed by atoms with Crippen LogP contribution < -0.4 is 11.1 Å². The van der Waals surface area contributed by atoms with Crippen molar-refractivity contribution in [2.45, 2.75) is 6.54 Å². The standard InChI is InChI=1S/C14H10Cl4N2O/c15-9-3-7(14(19)21)1-2-8(9)6-20-13-5-11(17)10(16)4-12(13)18/h1-5,20H,6H2,(H2,19,21). The van der Waals surface area contributed by atoms with Gasteiger partial charge in [0.1, 0.15) is 0 Å². The van der Waals surface area contributed by atoms with Crippen LogP contribution in [0.4, 0.5) is 5.69 Å². The molecule has 0 aromatic heterocycles. The van der Waals surface area contributed by atoms with Crippen LogP contribution in [0.15, 0.2) is 30.3 Å². The molecule has 0 saturated carbocycles. The first kappa shape index (κ1) is 16.2. The van der Waals surface area contributed by atoms with Gasteiger partial charge < -0.3 is 11.1 Å². The Morgan fingerprint density at radius 3 is 2.24 bits per heavy atom. The third-order valence-corrected chi connectivity index (χ3v) is 4.20. The number of primary amides is 1. The van der Waals surface area contributed by atoms with Crippen molar-refractivity contribution in [3.63, 3.8) is 0 Å². The van der Waals surface area contributed by atoms with Gasteiger partial charge in [0, 0.05) is 17.1 Å². The van der Waals surface area contributed by atoms with E-state index in [2.05, 4.69) is 5.32 Å². The number of rotatable bonds is 4. The van der Waals surface area contributed by atoms with Gasteiger partial charge in [0.05, 0.1) is 20.8 Å². The number of nitrogens with one attached hydrogen (secondary N) is 1. The number of hydrogen-bond acceptors (Lipinski definition) is 2. The van der Waals surface area contributed by atoms with Crippen molar-refractivity contribution < 1.29 is 4.79 Å². The van der Waals surface area contributed by atoms with Gasteiger partial charge in [-0.15, -0.1) is 0 Å². The summed E-state index contributed by atoms with van der Waals surface area (Å²) in [6.45, 7) is 0.412. The lowest BCUT2D eigenvalue weighted by atomic mass is 10.1. The summed E-state index contributed by atoms with van der Waals surface area (Å²) in [6, 6.07) is 8.06. The lowest BCUT2D eigenvalue weighted by Crippen LogP contribution is -2.11. The minimum atomic E-state index is -0.524. The van der Waals surface area contributed by atoms with Gasteiger partial charge in [-0.25, -0.2) is 0 Å². The van der Waals surface area contributed by atoms with E-state index in [0.29, 0.717) is 37.9 Å². The van der Waals surface area contributed by atoms with Crippen LogP contribution in [0, 0.1) is 0 Å². The minimum absolute atomic E-state index is 0.358. The van der Waals surface area contributed by atoms with Gasteiger partial charge in [0.2, 0.25) is 5.91 Å². The van der Waals surface area contributed by atoms with Crippen LogP contribution in [0.25, 0.3) is 0 Å². The number of carbonyl (C=O) groups is 1. The van der Waals surface area contributed by atoms with Crippen LogP contribution >= 0.6 is 46.4 Å². The van der Waals surface area contributed by atoms with E-state index in [4.69, 9.17) is 52.1 Å². The third kappa shape index (κ3) is 3.95. The maximum Gasteiger partial charge on any atom is 0.248 e. The molecule has 2 aromatic carbocycles. The van der Waals surface area contributed by atoms with Crippen LogP contribution in [-0.4, -0.2) is 5.91 Å². The Hall–Kier alpha value is -1.13. The number of carbonyl (C=O) groups excluding carboxylic acids is 1. The van der Waals surface area contributed by atoms with E-state index in [1.807, 2.05) is 0 Å². The molecule has 110 valence electrons. The summed E-state index contributed by atoms with van der Waals surface area (Å²) in [5.41, 5.74) is 6.98. The second-order valence-corrected chi connectivity index (χ2v) is 5.90. The molecule has 0 fully saturated rings. The van der Waals surface area contributed by atoms with E-state index in [1.54, 1.807) is 24.3 Å².